The number of anilines is 1. The molecule has 2 heterocycles. The molecule has 0 aliphatic heterocycles. The molecular formula is C14H18N4O3S. The first-order chi connectivity index (χ1) is 10.4. The molecule has 1 amide bonds. The quantitative estimate of drug-likeness (QED) is 0.823. The average molecular weight is 322 g/mol. The number of hydrogen-bond acceptors (Lipinski definition) is 6. The molecule has 0 aromatic carbocycles. The number of carbonyl (C=O) groups is 2. The highest BCUT2D eigenvalue weighted by molar-refractivity contribution is 7.13. The van der Waals surface area contributed by atoms with Crippen LogP contribution in [0.3, 0.4) is 0 Å². The van der Waals surface area contributed by atoms with E-state index >= 15 is 0 Å². The van der Waals surface area contributed by atoms with Crippen molar-refractivity contribution in [1.29, 1.82) is 0 Å². The van der Waals surface area contributed by atoms with Crippen LogP contribution in [-0.2, 0) is 27.5 Å². The zero-order valence-corrected chi connectivity index (χ0v) is 13.6. The number of esters is 1. The number of rotatable bonds is 6. The highest BCUT2D eigenvalue weighted by Crippen LogP contribution is 2.16. The van der Waals surface area contributed by atoms with Crippen molar-refractivity contribution in [3.8, 4) is 0 Å². The Morgan fingerprint density at radius 2 is 2.18 bits per heavy atom. The van der Waals surface area contributed by atoms with Crippen LogP contribution < -0.4 is 5.32 Å². The minimum Gasteiger partial charge on any atom is -0.459 e. The van der Waals surface area contributed by atoms with Crippen LogP contribution in [0.5, 0.6) is 0 Å². The summed E-state index contributed by atoms with van der Waals surface area (Å²) in [6, 6.07) is 1.96. The molecule has 0 unspecified atom stereocenters. The molecule has 0 radical (unpaired) electrons. The summed E-state index contributed by atoms with van der Waals surface area (Å²) in [5, 5.41) is 9.12. The van der Waals surface area contributed by atoms with Crippen LogP contribution in [-0.4, -0.2) is 26.6 Å². The molecule has 22 heavy (non-hydrogen) atoms. The number of nitrogens with one attached hydrogen (secondary N) is 1. The molecule has 0 aliphatic carbocycles. The first-order valence-electron chi connectivity index (χ1n) is 6.82. The van der Waals surface area contributed by atoms with Gasteiger partial charge in [0, 0.05) is 18.0 Å². The summed E-state index contributed by atoms with van der Waals surface area (Å²) < 4.78 is 6.95. The SMILES string of the molecule is CC(=O)Nc1nc(COC(=O)CCn2nc(C)cc2C)cs1. The van der Waals surface area contributed by atoms with Gasteiger partial charge in [0.25, 0.3) is 0 Å². The molecule has 0 saturated heterocycles. The molecule has 118 valence electrons. The fourth-order valence-electron chi connectivity index (χ4n) is 1.91. The van der Waals surface area contributed by atoms with E-state index in [1.807, 2.05) is 19.9 Å². The maximum absolute atomic E-state index is 11.7. The predicted octanol–water partition coefficient (Wildman–Crippen LogP) is 2.05. The van der Waals surface area contributed by atoms with Crippen LogP contribution in [0.1, 0.15) is 30.4 Å². The summed E-state index contributed by atoms with van der Waals surface area (Å²) in [5.41, 5.74) is 2.57. The molecule has 0 atom stereocenters. The fourth-order valence-corrected chi connectivity index (χ4v) is 2.65. The van der Waals surface area contributed by atoms with Gasteiger partial charge in [-0.25, -0.2) is 4.98 Å². The predicted molar refractivity (Wildman–Crippen MR) is 82.5 cm³/mol. The fraction of sp³-hybridized carbons (Fsp3) is 0.429. The summed E-state index contributed by atoms with van der Waals surface area (Å²) in [7, 11) is 0. The second-order valence-electron chi connectivity index (χ2n) is 4.89. The molecule has 0 spiro atoms. The third-order valence-corrected chi connectivity index (χ3v) is 3.65. The van der Waals surface area contributed by atoms with Crippen LogP contribution >= 0.6 is 11.3 Å². The lowest BCUT2D eigenvalue weighted by atomic mass is 10.4. The van der Waals surface area contributed by atoms with Gasteiger partial charge in [0.1, 0.15) is 6.61 Å². The van der Waals surface area contributed by atoms with E-state index in [9.17, 15) is 9.59 Å². The third kappa shape index (κ3) is 4.66. The Morgan fingerprint density at radius 1 is 1.41 bits per heavy atom. The first kappa shape index (κ1) is 16.2. The second kappa shape index (κ2) is 7.17. The number of carbonyl (C=O) groups excluding carboxylic acids is 2. The lowest BCUT2D eigenvalue weighted by Gasteiger charge is -2.05. The summed E-state index contributed by atoms with van der Waals surface area (Å²) in [4.78, 5) is 26.8. The van der Waals surface area contributed by atoms with E-state index < -0.39 is 0 Å². The summed E-state index contributed by atoms with van der Waals surface area (Å²) >= 11 is 1.30. The van der Waals surface area contributed by atoms with E-state index in [2.05, 4.69) is 15.4 Å². The number of amides is 1. The van der Waals surface area contributed by atoms with E-state index in [0.717, 1.165) is 11.4 Å². The monoisotopic (exact) mass is 322 g/mol. The minimum absolute atomic E-state index is 0.103. The lowest BCUT2D eigenvalue weighted by Crippen LogP contribution is -2.11. The number of aromatic nitrogens is 3. The van der Waals surface area contributed by atoms with E-state index in [1.165, 1.54) is 18.3 Å². The zero-order valence-electron chi connectivity index (χ0n) is 12.8. The molecule has 8 heteroatoms. The Labute approximate surface area is 132 Å². The van der Waals surface area contributed by atoms with Gasteiger partial charge < -0.3 is 10.1 Å². The Kier molecular flexibility index (Phi) is 5.26. The lowest BCUT2D eigenvalue weighted by molar-refractivity contribution is -0.145. The molecular weight excluding hydrogens is 304 g/mol. The Morgan fingerprint density at radius 3 is 2.82 bits per heavy atom. The third-order valence-electron chi connectivity index (χ3n) is 2.85. The molecule has 7 nitrogen and oxygen atoms in total. The van der Waals surface area contributed by atoms with Crippen LogP contribution in [0.4, 0.5) is 5.13 Å². The van der Waals surface area contributed by atoms with E-state index in [-0.39, 0.29) is 24.9 Å². The van der Waals surface area contributed by atoms with Crippen LogP contribution in [0.25, 0.3) is 0 Å². The number of hydrogen-bond donors (Lipinski definition) is 1. The minimum atomic E-state index is -0.304. The molecule has 0 bridgehead atoms. The highest BCUT2D eigenvalue weighted by Gasteiger charge is 2.09. The number of nitrogens with zero attached hydrogens (tertiary/aromatic N) is 3. The zero-order chi connectivity index (χ0) is 16.1. The van der Waals surface area contributed by atoms with E-state index in [1.54, 1.807) is 10.1 Å². The largest absolute Gasteiger partial charge is 0.459 e. The van der Waals surface area contributed by atoms with Crippen molar-refractivity contribution in [2.45, 2.75) is 40.3 Å². The molecule has 0 aliphatic rings. The van der Waals surface area contributed by atoms with E-state index in [0.29, 0.717) is 17.4 Å². The van der Waals surface area contributed by atoms with Crippen molar-refractivity contribution in [2.75, 3.05) is 5.32 Å². The van der Waals surface area contributed by atoms with Gasteiger partial charge in [-0.15, -0.1) is 11.3 Å². The number of thiazole rings is 1. The standard InChI is InChI=1S/C14H18N4O3S/c1-9-6-10(2)18(17-9)5-4-13(20)21-7-12-8-22-14(16-12)15-11(3)19/h6,8H,4-5,7H2,1-3H3,(H,15,16,19). The Balaban J connectivity index is 1.76. The van der Waals surface area contributed by atoms with Crippen molar-refractivity contribution in [3.05, 3.63) is 28.5 Å². The van der Waals surface area contributed by atoms with Crippen molar-refractivity contribution < 1.29 is 14.3 Å². The highest BCUT2D eigenvalue weighted by atomic mass is 32.1. The van der Waals surface area contributed by atoms with Gasteiger partial charge in [0.05, 0.1) is 24.4 Å². The molecule has 2 rings (SSSR count). The summed E-state index contributed by atoms with van der Waals surface area (Å²) in [5.74, 6) is -0.482. The van der Waals surface area contributed by atoms with Gasteiger partial charge in [-0.3, -0.25) is 14.3 Å². The average Bonchev–Trinajstić information content (AvgIpc) is 3.00. The normalized spacial score (nSPS) is 10.5. The van der Waals surface area contributed by atoms with Gasteiger partial charge in [0.15, 0.2) is 5.13 Å². The van der Waals surface area contributed by atoms with Gasteiger partial charge >= 0.3 is 5.97 Å². The maximum Gasteiger partial charge on any atom is 0.308 e. The van der Waals surface area contributed by atoms with Crippen LogP contribution in [0.2, 0.25) is 0 Å². The van der Waals surface area contributed by atoms with Crippen molar-refractivity contribution in [1.82, 2.24) is 14.8 Å². The molecule has 1 N–H and O–H groups in total. The Bertz CT molecular complexity index is 677. The molecule has 0 saturated carbocycles. The van der Waals surface area contributed by atoms with Crippen molar-refractivity contribution >= 4 is 28.3 Å². The first-order valence-corrected chi connectivity index (χ1v) is 7.70. The number of ether oxygens (including phenoxy) is 1. The topological polar surface area (TPSA) is 86.1 Å². The van der Waals surface area contributed by atoms with Gasteiger partial charge in [0.2, 0.25) is 5.91 Å². The van der Waals surface area contributed by atoms with Crippen molar-refractivity contribution in [2.24, 2.45) is 0 Å². The maximum atomic E-state index is 11.7. The van der Waals surface area contributed by atoms with Crippen LogP contribution in [0, 0.1) is 13.8 Å². The number of aryl methyl sites for hydroxylation is 3. The van der Waals surface area contributed by atoms with Gasteiger partial charge in [-0.1, -0.05) is 0 Å². The summed E-state index contributed by atoms with van der Waals surface area (Å²) in [6.07, 6.45) is 0.255. The van der Waals surface area contributed by atoms with E-state index in [4.69, 9.17) is 4.74 Å². The molecule has 2 aromatic heterocycles. The van der Waals surface area contributed by atoms with Crippen LogP contribution in [0.15, 0.2) is 11.4 Å². The van der Waals surface area contributed by atoms with Crippen molar-refractivity contribution in [3.63, 3.8) is 0 Å². The Hall–Kier alpha value is -2.22. The van der Waals surface area contributed by atoms with Gasteiger partial charge in [-0.05, 0) is 19.9 Å². The van der Waals surface area contributed by atoms with Gasteiger partial charge in [-0.2, -0.15) is 5.10 Å². The molecule has 0 fully saturated rings. The second-order valence-corrected chi connectivity index (χ2v) is 5.74. The summed E-state index contributed by atoms with van der Waals surface area (Å²) in [6.45, 7) is 5.87. The smallest absolute Gasteiger partial charge is 0.308 e. The molecule has 2 aromatic rings.